The Kier molecular flexibility index (Phi) is 9.89. The molecule has 0 aromatic heterocycles. The lowest BCUT2D eigenvalue weighted by Gasteiger charge is -1.97. The molecule has 0 heterocycles. The van der Waals surface area contributed by atoms with Gasteiger partial charge in [0.25, 0.3) is 0 Å². The molecule has 0 bridgehead atoms. The van der Waals surface area contributed by atoms with Gasteiger partial charge in [0.15, 0.2) is 6.29 Å². The van der Waals surface area contributed by atoms with Crippen molar-refractivity contribution in [3.8, 4) is 0 Å². The molecule has 8 heavy (non-hydrogen) atoms. The number of aliphatic hydroxyl groups is 2. The summed E-state index contributed by atoms with van der Waals surface area (Å²) in [6, 6.07) is 0. The van der Waals surface area contributed by atoms with Crippen LogP contribution in [-0.2, 0) is 0 Å². The molecule has 0 spiro atoms. The summed E-state index contributed by atoms with van der Waals surface area (Å²) in [5.74, 6) is 0. The maximum Gasteiger partial charge on any atom is 0.151 e. The minimum atomic E-state index is -1.18. The van der Waals surface area contributed by atoms with Gasteiger partial charge in [0.05, 0.1) is 0 Å². The summed E-state index contributed by atoms with van der Waals surface area (Å²) < 4.78 is 0. The van der Waals surface area contributed by atoms with Gasteiger partial charge in [-0.3, -0.25) is 0 Å². The molecule has 0 saturated carbocycles. The highest BCUT2D eigenvalue weighted by Crippen LogP contribution is 1.88. The molecular weight excluding hydrogens is 130 g/mol. The van der Waals surface area contributed by atoms with Crippen LogP contribution in [0.4, 0.5) is 0 Å². The lowest BCUT2D eigenvalue weighted by Crippen LogP contribution is -2.07. The van der Waals surface area contributed by atoms with E-state index in [2.05, 4.69) is 0 Å². The Morgan fingerprint density at radius 1 is 1.38 bits per heavy atom. The van der Waals surface area contributed by atoms with Crippen molar-refractivity contribution >= 4 is 12.4 Å². The maximum absolute atomic E-state index is 8.18. The van der Waals surface area contributed by atoms with E-state index in [-0.39, 0.29) is 12.4 Å². The molecule has 0 aliphatic heterocycles. The third-order valence-electron chi connectivity index (χ3n) is 0.666. The Morgan fingerprint density at radius 2 is 1.88 bits per heavy atom. The van der Waals surface area contributed by atoms with Gasteiger partial charge in [0.2, 0.25) is 0 Å². The van der Waals surface area contributed by atoms with Gasteiger partial charge in [0, 0.05) is 0 Å². The van der Waals surface area contributed by atoms with Gasteiger partial charge in [-0.1, -0.05) is 0 Å². The monoisotopic (exact) mass is 141 g/mol. The summed E-state index contributed by atoms with van der Waals surface area (Å²) in [5.41, 5.74) is 5.05. The number of aliphatic hydroxyl groups excluding tert-OH is 1. The van der Waals surface area contributed by atoms with Gasteiger partial charge in [-0.2, -0.15) is 0 Å². The Hall–Kier alpha value is 0.170. The summed E-state index contributed by atoms with van der Waals surface area (Å²) in [7, 11) is 0. The molecule has 0 rings (SSSR count). The predicted octanol–water partition coefficient (Wildman–Crippen LogP) is -0.542. The zero-order valence-corrected chi connectivity index (χ0v) is 5.40. The second-order valence-corrected chi connectivity index (χ2v) is 1.41. The minimum absolute atomic E-state index is 0. The predicted molar refractivity (Wildman–Crippen MR) is 33.8 cm³/mol. The van der Waals surface area contributed by atoms with Crippen molar-refractivity contribution in [2.45, 2.75) is 19.1 Å². The van der Waals surface area contributed by atoms with Crippen LogP contribution in [0.3, 0.4) is 0 Å². The van der Waals surface area contributed by atoms with Crippen molar-refractivity contribution in [1.29, 1.82) is 0 Å². The molecule has 0 aliphatic carbocycles. The van der Waals surface area contributed by atoms with Crippen LogP contribution in [0.25, 0.3) is 0 Å². The zero-order valence-electron chi connectivity index (χ0n) is 4.58. The van der Waals surface area contributed by atoms with E-state index in [1.165, 1.54) is 0 Å². The molecule has 0 unspecified atom stereocenters. The summed E-state index contributed by atoms with van der Waals surface area (Å²) >= 11 is 0. The van der Waals surface area contributed by atoms with Gasteiger partial charge in [-0.15, -0.1) is 12.4 Å². The summed E-state index contributed by atoms with van der Waals surface area (Å²) in [6.07, 6.45) is -0.114. The van der Waals surface area contributed by atoms with E-state index in [1.54, 1.807) is 0 Å². The fourth-order valence-corrected chi connectivity index (χ4v) is 0.300. The van der Waals surface area contributed by atoms with E-state index in [9.17, 15) is 0 Å². The molecule has 4 N–H and O–H groups in total. The second kappa shape index (κ2) is 7.17. The lowest BCUT2D eigenvalue weighted by atomic mass is 10.3. The lowest BCUT2D eigenvalue weighted by molar-refractivity contribution is -0.0457. The van der Waals surface area contributed by atoms with E-state index in [0.29, 0.717) is 19.4 Å². The topological polar surface area (TPSA) is 66.5 Å². The van der Waals surface area contributed by atoms with Crippen LogP contribution in [0.15, 0.2) is 0 Å². The third kappa shape index (κ3) is 9.48. The minimum Gasteiger partial charge on any atom is -0.368 e. The van der Waals surface area contributed by atoms with Crippen LogP contribution in [0.5, 0.6) is 0 Å². The van der Waals surface area contributed by atoms with Gasteiger partial charge >= 0.3 is 0 Å². The molecule has 4 heteroatoms. The van der Waals surface area contributed by atoms with E-state index in [4.69, 9.17) is 15.9 Å². The van der Waals surface area contributed by atoms with Gasteiger partial charge in [-0.05, 0) is 19.4 Å². The Labute approximate surface area is 54.9 Å². The standard InChI is InChI=1S/C4H11NO2.ClH/c5-3-1-2-4(6)7;/h4,6-7H,1-3,5H2;1H. The van der Waals surface area contributed by atoms with Crippen LogP contribution in [-0.4, -0.2) is 23.0 Å². The van der Waals surface area contributed by atoms with Gasteiger partial charge < -0.3 is 15.9 Å². The quantitative estimate of drug-likeness (QED) is 0.463. The number of rotatable bonds is 3. The van der Waals surface area contributed by atoms with Crippen LogP contribution in [0.1, 0.15) is 12.8 Å². The number of hydrogen-bond acceptors (Lipinski definition) is 3. The summed E-state index contributed by atoms with van der Waals surface area (Å²) in [4.78, 5) is 0. The van der Waals surface area contributed by atoms with Crippen molar-refractivity contribution in [2.24, 2.45) is 5.73 Å². The van der Waals surface area contributed by atoms with Crippen molar-refractivity contribution in [3.05, 3.63) is 0 Å². The Morgan fingerprint density at radius 3 is 2.00 bits per heavy atom. The van der Waals surface area contributed by atoms with Crippen LogP contribution in [0.2, 0.25) is 0 Å². The van der Waals surface area contributed by atoms with Crippen LogP contribution in [0, 0.1) is 0 Å². The molecule has 0 atom stereocenters. The average molecular weight is 142 g/mol. The molecule has 0 aromatic rings. The zero-order chi connectivity index (χ0) is 5.70. The van der Waals surface area contributed by atoms with E-state index >= 15 is 0 Å². The highest BCUT2D eigenvalue weighted by molar-refractivity contribution is 5.85. The van der Waals surface area contributed by atoms with Gasteiger partial charge in [-0.25, -0.2) is 0 Å². The molecule has 0 aliphatic rings. The maximum atomic E-state index is 8.18. The molecular formula is C4H12ClNO2. The first-order valence-electron chi connectivity index (χ1n) is 2.33. The molecule has 0 fully saturated rings. The molecule has 3 nitrogen and oxygen atoms in total. The fraction of sp³-hybridized carbons (Fsp3) is 1.00. The fourth-order valence-electron chi connectivity index (χ4n) is 0.300. The van der Waals surface area contributed by atoms with E-state index in [1.807, 2.05) is 0 Å². The summed E-state index contributed by atoms with van der Waals surface area (Å²) in [6.45, 7) is 0.525. The highest BCUT2D eigenvalue weighted by atomic mass is 35.5. The molecule has 0 amide bonds. The Balaban J connectivity index is 0. The highest BCUT2D eigenvalue weighted by Gasteiger charge is 1.92. The molecule has 0 saturated heterocycles. The first kappa shape index (κ1) is 11.0. The van der Waals surface area contributed by atoms with Crippen molar-refractivity contribution in [2.75, 3.05) is 6.54 Å². The first-order valence-corrected chi connectivity index (χ1v) is 2.33. The van der Waals surface area contributed by atoms with Crippen LogP contribution >= 0.6 is 12.4 Å². The number of nitrogens with two attached hydrogens (primary N) is 1. The largest absolute Gasteiger partial charge is 0.368 e. The number of halogens is 1. The van der Waals surface area contributed by atoms with Crippen LogP contribution < -0.4 is 5.73 Å². The molecule has 52 valence electrons. The van der Waals surface area contributed by atoms with Gasteiger partial charge in [0.1, 0.15) is 0 Å². The Bertz CT molecular complexity index is 43.0. The third-order valence-corrected chi connectivity index (χ3v) is 0.666. The molecule has 0 radical (unpaired) electrons. The van der Waals surface area contributed by atoms with Crippen molar-refractivity contribution < 1.29 is 10.2 Å². The van der Waals surface area contributed by atoms with Crippen molar-refractivity contribution in [3.63, 3.8) is 0 Å². The van der Waals surface area contributed by atoms with Crippen molar-refractivity contribution in [1.82, 2.24) is 0 Å². The first-order chi connectivity index (χ1) is 3.27. The van der Waals surface area contributed by atoms with E-state index < -0.39 is 6.29 Å². The SMILES string of the molecule is Cl.NCCCC(O)O. The smallest absolute Gasteiger partial charge is 0.151 e. The van der Waals surface area contributed by atoms with E-state index in [0.717, 1.165) is 0 Å². The average Bonchev–Trinajstić information content (AvgIpc) is 1.61. The second-order valence-electron chi connectivity index (χ2n) is 1.41. The summed E-state index contributed by atoms with van der Waals surface area (Å²) in [5, 5.41) is 16.4. The molecule has 0 aromatic carbocycles. The normalized spacial score (nSPS) is 9.00. The number of hydrogen-bond donors (Lipinski definition) is 3.